The second-order valence-electron chi connectivity index (χ2n) is 5.29. The SMILES string of the molecule is CNC(=O)c1ccc(CN[C@@H](C)c2ccc(C)cc2)cc1. The molecule has 2 aromatic carbocycles. The summed E-state index contributed by atoms with van der Waals surface area (Å²) in [6.45, 7) is 5.03. The highest BCUT2D eigenvalue weighted by Crippen LogP contribution is 2.14. The van der Waals surface area contributed by atoms with E-state index < -0.39 is 0 Å². The number of amides is 1. The van der Waals surface area contributed by atoms with E-state index in [9.17, 15) is 4.79 Å². The van der Waals surface area contributed by atoms with Crippen LogP contribution in [0.1, 0.15) is 40.0 Å². The van der Waals surface area contributed by atoms with Gasteiger partial charge in [0.05, 0.1) is 0 Å². The third-order valence-electron chi connectivity index (χ3n) is 3.63. The molecule has 0 bridgehead atoms. The lowest BCUT2D eigenvalue weighted by molar-refractivity contribution is 0.0963. The molecule has 0 aliphatic carbocycles. The van der Waals surface area contributed by atoms with Crippen molar-refractivity contribution in [3.63, 3.8) is 0 Å². The van der Waals surface area contributed by atoms with Crippen LogP contribution < -0.4 is 10.6 Å². The fourth-order valence-corrected chi connectivity index (χ4v) is 2.16. The zero-order chi connectivity index (χ0) is 15.2. The lowest BCUT2D eigenvalue weighted by Gasteiger charge is -2.14. The van der Waals surface area contributed by atoms with Gasteiger partial charge in [-0.25, -0.2) is 0 Å². The summed E-state index contributed by atoms with van der Waals surface area (Å²) in [6, 6.07) is 16.5. The van der Waals surface area contributed by atoms with Crippen LogP contribution in [0.5, 0.6) is 0 Å². The number of carbonyl (C=O) groups is 1. The highest BCUT2D eigenvalue weighted by molar-refractivity contribution is 5.93. The van der Waals surface area contributed by atoms with Crippen molar-refractivity contribution >= 4 is 5.91 Å². The van der Waals surface area contributed by atoms with E-state index in [1.807, 2.05) is 24.3 Å². The Morgan fingerprint density at radius 3 is 2.24 bits per heavy atom. The van der Waals surface area contributed by atoms with Crippen LogP contribution in [-0.2, 0) is 6.54 Å². The Bertz CT molecular complexity index is 588. The second-order valence-corrected chi connectivity index (χ2v) is 5.29. The van der Waals surface area contributed by atoms with Crippen LogP contribution in [0, 0.1) is 6.92 Å². The van der Waals surface area contributed by atoms with E-state index in [-0.39, 0.29) is 5.91 Å². The Kier molecular flexibility index (Phi) is 5.12. The van der Waals surface area contributed by atoms with Crippen LogP contribution >= 0.6 is 0 Å². The average molecular weight is 282 g/mol. The molecule has 0 fully saturated rings. The largest absolute Gasteiger partial charge is 0.355 e. The Balaban J connectivity index is 1.93. The van der Waals surface area contributed by atoms with Crippen molar-refractivity contribution in [1.29, 1.82) is 0 Å². The Labute approximate surface area is 126 Å². The van der Waals surface area contributed by atoms with Gasteiger partial charge in [0, 0.05) is 25.2 Å². The van der Waals surface area contributed by atoms with Gasteiger partial charge < -0.3 is 10.6 Å². The predicted octanol–water partition coefficient (Wildman–Crippen LogP) is 3.21. The normalized spacial score (nSPS) is 12.0. The maximum absolute atomic E-state index is 11.5. The fraction of sp³-hybridized carbons (Fsp3) is 0.278. The molecule has 0 spiro atoms. The molecular weight excluding hydrogens is 260 g/mol. The van der Waals surface area contributed by atoms with Crippen LogP contribution in [-0.4, -0.2) is 13.0 Å². The number of hydrogen-bond donors (Lipinski definition) is 2. The summed E-state index contributed by atoms with van der Waals surface area (Å²) in [6.07, 6.45) is 0. The molecule has 110 valence electrons. The zero-order valence-electron chi connectivity index (χ0n) is 12.8. The minimum atomic E-state index is -0.0532. The molecule has 21 heavy (non-hydrogen) atoms. The van der Waals surface area contributed by atoms with Gasteiger partial charge in [0.2, 0.25) is 0 Å². The van der Waals surface area contributed by atoms with E-state index >= 15 is 0 Å². The number of carbonyl (C=O) groups excluding carboxylic acids is 1. The molecule has 0 heterocycles. The highest BCUT2D eigenvalue weighted by atomic mass is 16.1. The number of nitrogens with one attached hydrogen (secondary N) is 2. The van der Waals surface area contributed by atoms with Gasteiger partial charge in [-0.15, -0.1) is 0 Å². The number of aryl methyl sites for hydroxylation is 1. The Morgan fingerprint density at radius 1 is 1.05 bits per heavy atom. The van der Waals surface area contributed by atoms with E-state index in [0.717, 1.165) is 6.54 Å². The summed E-state index contributed by atoms with van der Waals surface area (Å²) in [5.41, 5.74) is 4.41. The van der Waals surface area contributed by atoms with Crippen LogP contribution in [0.2, 0.25) is 0 Å². The highest BCUT2D eigenvalue weighted by Gasteiger charge is 2.05. The Morgan fingerprint density at radius 2 is 1.67 bits per heavy atom. The number of hydrogen-bond acceptors (Lipinski definition) is 2. The van der Waals surface area contributed by atoms with Gasteiger partial charge in [0.15, 0.2) is 0 Å². The molecule has 0 aromatic heterocycles. The summed E-state index contributed by atoms with van der Waals surface area (Å²) in [5.74, 6) is -0.0532. The lowest BCUT2D eigenvalue weighted by atomic mass is 10.1. The van der Waals surface area contributed by atoms with Crippen molar-refractivity contribution in [2.24, 2.45) is 0 Å². The molecule has 1 amide bonds. The first kappa shape index (κ1) is 15.3. The average Bonchev–Trinajstić information content (AvgIpc) is 2.53. The first-order valence-electron chi connectivity index (χ1n) is 7.21. The molecule has 0 radical (unpaired) electrons. The summed E-state index contributed by atoms with van der Waals surface area (Å²) < 4.78 is 0. The number of rotatable bonds is 5. The van der Waals surface area contributed by atoms with Crippen LogP contribution in [0.3, 0.4) is 0 Å². The van der Waals surface area contributed by atoms with Gasteiger partial charge in [-0.05, 0) is 37.1 Å². The predicted molar refractivity (Wildman–Crippen MR) is 86.3 cm³/mol. The van der Waals surface area contributed by atoms with Gasteiger partial charge in [0.1, 0.15) is 0 Å². The maximum Gasteiger partial charge on any atom is 0.251 e. The van der Waals surface area contributed by atoms with Crippen molar-refractivity contribution in [2.75, 3.05) is 7.05 Å². The van der Waals surface area contributed by atoms with Gasteiger partial charge >= 0.3 is 0 Å². The first-order chi connectivity index (χ1) is 10.1. The van der Waals surface area contributed by atoms with Gasteiger partial charge in [-0.2, -0.15) is 0 Å². The van der Waals surface area contributed by atoms with Gasteiger partial charge in [-0.3, -0.25) is 4.79 Å². The smallest absolute Gasteiger partial charge is 0.251 e. The molecule has 1 atom stereocenters. The minimum Gasteiger partial charge on any atom is -0.355 e. The first-order valence-corrected chi connectivity index (χ1v) is 7.21. The van der Waals surface area contributed by atoms with Crippen LogP contribution in [0.25, 0.3) is 0 Å². The van der Waals surface area contributed by atoms with E-state index in [4.69, 9.17) is 0 Å². The molecular formula is C18H22N2O. The standard InChI is InChI=1S/C18H22N2O/c1-13-4-8-16(9-5-13)14(2)20-12-15-6-10-17(11-7-15)18(21)19-3/h4-11,14,20H,12H2,1-3H3,(H,19,21)/t14-/m0/s1. The third kappa shape index (κ3) is 4.17. The lowest BCUT2D eigenvalue weighted by Crippen LogP contribution is -2.19. The van der Waals surface area contributed by atoms with E-state index in [1.165, 1.54) is 16.7 Å². The molecule has 0 aliphatic heterocycles. The topological polar surface area (TPSA) is 41.1 Å². The van der Waals surface area contributed by atoms with Gasteiger partial charge in [0.25, 0.3) is 5.91 Å². The second kappa shape index (κ2) is 7.04. The molecule has 2 rings (SSSR count). The fourth-order valence-electron chi connectivity index (χ4n) is 2.16. The van der Waals surface area contributed by atoms with Crippen LogP contribution in [0.4, 0.5) is 0 Å². The quantitative estimate of drug-likeness (QED) is 0.884. The molecule has 0 saturated heterocycles. The molecule has 3 nitrogen and oxygen atoms in total. The molecule has 2 N–H and O–H groups in total. The Hall–Kier alpha value is -2.13. The van der Waals surface area contributed by atoms with Gasteiger partial charge in [-0.1, -0.05) is 42.0 Å². The molecule has 2 aromatic rings. The third-order valence-corrected chi connectivity index (χ3v) is 3.63. The molecule has 0 unspecified atom stereocenters. The maximum atomic E-state index is 11.5. The van der Waals surface area contributed by atoms with Crippen molar-refractivity contribution in [2.45, 2.75) is 26.4 Å². The number of benzene rings is 2. The minimum absolute atomic E-state index is 0.0532. The summed E-state index contributed by atoms with van der Waals surface area (Å²) in [5, 5.41) is 6.12. The summed E-state index contributed by atoms with van der Waals surface area (Å²) in [4.78, 5) is 11.5. The molecule has 0 saturated carbocycles. The summed E-state index contributed by atoms with van der Waals surface area (Å²) in [7, 11) is 1.64. The van der Waals surface area contributed by atoms with Crippen molar-refractivity contribution in [1.82, 2.24) is 10.6 Å². The van der Waals surface area contributed by atoms with E-state index in [2.05, 4.69) is 48.7 Å². The van der Waals surface area contributed by atoms with E-state index in [1.54, 1.807) is 7.05 Å². The monoisotopic (exact) mass is 282 g/mol. The van der Waals surface area contributed by atoms with Crippen molar-refractivity contribution < 1.29 is 4.79 Å². The summed E-state index contributed by atoms with van der Waals surface area (Å²) >= 11 is 0. The van der Waals surface area contributed by atoms with Crippen LogP contribution in [0.15, 0.2) is 48.5 Å². The van der Waals surface area contributed by atoms with E-state index in [0.29, 0.717) is 11.6 Å². The molecule has 3 heteroatoms. The van der Waals surface area contributed by atoms with Crippen molar-refractivity contribution in [3.05, 3.63) is 70.8 Å². The zero-order valence-corrected chi connectivity index (χ0v) is 12.8. The molecule has 0 aliphatic rings. The van der Waals surface area contributed by atoms with Crippen molar-refractivity contribution in [3.8, 4) is 0 Å².